The molecule has 0 heterocycles. The number of rotatable bonds is 12. The smallest absolute Gasteiger partial charge is 0.326 e. The Morgan fingerprint density at radius 2 is 1.50 bits per heavy atom. The van der Waals surface area contributed by atoms with Crippen molar-refractivity contribution in [1.29, 1.82) is 0 Å². The lowest BCUT2D eigenvalue weighted by Gasteiger charge is -2.17. The molecular formula is C14H29N2O7P. The van der Waals surface area contributed by atoms with Gasteiger partial charge >= 0.3 is 19.5 Å². The molecule has 2 N–H and O–H groups in total. The maximum atomic E-state index is 12.0. The van der Waals surface area contributed by atoms with Crippen LogP contribution in [-0.4, -0.2) is 92.2 Å². The minimum atomic E-state index is -4.39. The van der Waals surface area contributed by atoms with E-state index >= 15 is 0 Å². The summed E-state index contributed by atoms with van der Waals surface area (Å²) in [6.07, 6.45) is -0.758. The molecule has 24 heavy (non-hydrogen) atoms. The number of carbonyl (C=O) groups is 2. The molecule has 0 aliphatic heterocycles. The van der Waals surface area contributed by atoms with Crippen LogP contribution in [0.4, 0.5) is 0 Å². The number of hydrogen-bond acceptors (Lipinski definition) is 7. The van der Waals surface area contributed by atoms with Crippen LogP contribution in [0.3, 0.4) is 0 Å². The van der Waals surface area contributed by atoms with E-state index in [4.69, 9.17) is 19.3 Å². The third kappa shape index (κ3) is 13.4. The fraction of sp³-hybridized carbons (Fsp3) is 0.857. The number of carbonyl (C=O) groups excluding carboxylic acids is 2. The van der Waals surface area contributed by atoms with Crippen molar-refractivity contribution in [3.05, 3.63) is 0 Å². The van der Waals surface area contributed by atoms with Gasteiger partial charge in [-0.3, -0.25) is 14.2 Å². The van der Waals surface area contributed by atoms with Crippen LogP contribution >= 0.6 is 7.60 Å². The minimum absolute atomic E-state index is 0.0211. The first-order chi connectivity index (χ1) is 11.0. The number of hydrogen-bond donors (Lipinski definition) is 2. The summed E-state index contributed by atoms with van der Waals surface area (Å²) in [5, 5.41) is 0. The van der Waals surface area contributed by atoms with Gasteiger partial charge in [-0.15, -0.1) is 0 Å². The fourth-order valence-electron chi connectivity index (χ4n) is 1.72. The van der Waals surface area contributed by atoms with Crippen molar-refractivity contribution in [2.24, 2.45) is 5.92 Å². The lowest BCUT2D eigenvalue weighted by molar-refractivity contribution is -0.149. The van der Waals surface area contributed by atoms with Crippen LogP contribution in [0.25, 0.3) is 0 Å². The van der Waals surface area contributed by atoms with Gasteiger partial charge in [-0.1, -0.05) is 0 Å². The highest BCUT2D eigenvalue weighted by atomic mass is 31.2. The first-order valence-electron chi connectivity index (χ1n) is 7.67. The van der Waals surface area contributed by atoms with E-state index in [1.807, 2.05) is 38.0 Å². The van der Waals surface area contributed by atoms with Gasteiger partial charge in [0.05, 0.1) is 12.1 Å². The second kappa shape index (κ2) is 11.5. The average molecular weight is 368 g/mol. The zero-order valence-corrected chi connectivity index (χ0v) is 15.7. The van der Waals surface area contributed by atoms with Gasteiger partial charge in [0.2, 0.25) is 0 Å². The zero-order valence-electron chi connectivity index (χ0n) is 14.8. The summed E-state index contributed by atoms with van der Waals surface area (Å²) in [6.45, 7) is 1.42. The average Bonchev–Trinajstić information content (AvgIpc) is 2.41. The van der Waals surface area contributed by atoms with E-state index < -0.39 is 31.6 Å². The molecule has 1 atom stereocenters. The van der Waals surface area contributed by atoms with Crippen LogP contribution < -0.4 is 0 Å². The van der Waals surface area contributed by atoms with Crippen molar-refractivity contribution in [2.75, 3.05) is 60.7 Å². The lowest BCUT2D eigenvalue weighted by atomic mass is 10.1. The van der Waals surface area contributed by atoms with Crippen LogP contribution in [0.15, 0.2) is 0 Å². The number of likely N-dealkylation sites (N-methyl/N-ethyl adjacent to an activating group) is 2. The molecule has 10 heteroatoms. The van der Waals surface area contributed by atoms with Gasteiger partial charge in [0.1, 0.15) is 13.2 Å². The molecule has 0 aromatic carbocycles. The summed E-state index contributed by atoms with van der Waals surface area (Å²) in [5.41, 5.74) is 0. The molecule has 0 rings (SSSR count). The number of ether oxygens (including phenoxy) is 2. The Balaban J connectivity index is 4.42. The molecule has 0 saturated heterocycles. The SMILES string of the molecule is CN(C)CCOC(=O)CCC(CP(=O)(O)O)C(=O)OCCN(C)C. The molecule has 142 valence electrons. The molecule has 0 aromatic rings. The quantitative estimate of drug-likeness (QED) is 0.356. The predicted molar refractivity (Wildman–Crippen MR) is 88.7 cm³/mol. The highest BCUT2D eigenvalue weighted by Crippen LogP contribution is 2.38. The van der Waals surface area contributed by atoms with E-state index in [2.05, 4.69) is 0 Å². The maximum absolute atomic E-state index is 12.0. The van der Waals surface area contributed by atoms with Gasteiger partial charge in [0, 0.05) is 19.5 Å². The molecule has 0 saturated carbocycles. The monoisotopic (exact) mass is 368 g/mol. The molecule has 9 nitrogen and oxygen atoms in total. The van der Waals surface area contributed by atoms with Gasteiger partial charge in [-0.05, 0) is 34.6 Å². The van der Waals surface area contributed by atoms with Crippen LogP contribution in [0, 0.1) is 5.92 Å². The number of nitrogens with zero attached hydrogens (tertiary/aromatic N) is 2. The van der Waals surface area contributed by atoms with Crippen molar-refractivity contribution in [3.8, 4) is 0 Å². The van der Waals surface area contributed by atoms with E-state index in [0.29, 0.717) is 13.1 Å². The van der Waals surface area contributed by atoms with Crippen LogP contribution in [0.1, 0.15) is 12.8 Å². The Kier molecular flexibility index (Phi) is 11.1. The standard InChI is InChI=1S/C14H29N2O7P/c1-15(2)7-9-22-13(17)6-5-12(11-24(19,20)21)14(18)23-10-8-16(3)4/h12H,5-11H2,1-4H3,(H2,19,20,21). The van der Waals surface area contributed by atoms with Gasteiger partial charge in [-0.2, -0.15) is 0 Å². The summed E-state index contributed by atoms with van der Waals surface area (Å²) in [7, 11) is 2.91. The molecule has 0 bridgehead atoms. The predicted octanol–water partition coefficient (Wildman–Crippen LogP) is -0.230. The Hall–Kier alpha value is -0.990. The summed E-state index contributed by atoms with van der Waals surface area (Å²) >= 11 is 0. The lowest BCUT2D eigenvalue weighted by Crippen LogP contribution is -2.27. The molecule has 0 radical (unpaired) electrons. The van der Waals surface area contributed by atoms with Crippen LogP contribution in [0.5, 0.6) is 0 Å². The molecule has 0 amide bonds. The minimum Gasteiger partial charge on any atom is -0.464 e. The molecule has 0 aromatic heterocycles. The Labute approximate surface area is 143 Å². The van der Waals surface area contributed by atoms with Crippen LogP contribution in [0.2, 0.25) is 0 Å². The summed E-state index contributed by atoms with van der Waals surface area (Å²) in [6, 6.07) is 0. The molecule has 0 spiro atoms. The molecular weight excluding hydrogens is 339 g/mol. The highest BCUT2D eigenvalue weighted by molar-refractivity contribution is 7.51. The van der Waals surface area contributed by atoms with Gasteiger partial charge in [0.25, 0.3) is 0 Å². The largest absolute Gasteiger partial charge is 0.464 e. The van der Waals surface area contributed by atoms with Crippen molar-refractivity contribution >= 4 is 19.5 Å². The molecule has 0 aliphatic carbocycles. The third-order valence-electron chi connectivity index (χ3n) is 3.07. The summed E-state index contributed by atoms with van der Waals surface area (Å²) < 4.78 is 21.2. The number of esters is 2. The molecule has 0 fully saturated rings. The molecule has 0 aliphatic rings. The second-order valence-electron chi connectivity index (χ2n) is 6.08. The fourth-order valence-corrected chi connectivity index (χ4v) is 2.63. The first kappa shape index (κ1) is 23.0. The Morgan fingerprint density at radius 3 is 1.96 bits per heavy atom. The molecule has 1 unspecified atom stereocenters. The third-order valence-corrected chi connectivity index (χ3v) is 3.99. The highest BCUT2D eigenvalue weighted by Gasteiger charge is 2.29. The summed E-state index contributed by atoms with van der Waals surface area (Å²) in [4.78, 5) is 45.5. The topological polar surface area (TPSA) is 117 Å². The van der Waals surface area contributed by atoms with E-state index in [-0.39, 0.29) is 26.1 Å². The van der Waals surface area contributed by atoms with Crippen molar-refractivity contribution in [3.63, 3.8) is 0 Å². The first-order valence-corrected chi connectivity index (χ1v) is 9.47. The Morgan fingerprint density at radius 1 is 1.00 bits per heavy atom. The van der Waals surface area contributed by atoms with E-state index in [0.717, 1.165) is 0 Å². The van der Waals surface area contributed by atoms with Gasteiger partial charge in [-0.25, -0.2) is 0 Å². The van der Waals surface area contributed by atoms with Crippen LogP contribution in [-0.2, 0) is 23.6 Å². The maximum Gasteiger partial charge on any atom is 0.326 e. The van der Waals surface area contributed by atoms with Crippen molar-refractivity contribution in [1.82, 2.24) is 9.80 Å². The van der Waals surface area contributed by atoms with Gasteiger partial charge < -0.3 is 29.1 Å². The van der Waals surface area contributed by atoms with Crippen molar-refractivity contribution in [2.45, 2.75) is 12.8 Å². The zero-order chi connectivity index (χ0) is 18.8. The normalized spacial score (nSPS) is 13.2. The van der Waals surface area contributed by atoms with E-state index in [1.165, 1.54) is 0 Å². The Bertz CT molecular complexity index is 437. The second-order valence-corrected chi connectivity index (χ2v) is 7.77. The van der Waals surface area contributed by atoms with E-state index in [1.54, 1.807) is 0 Å². The van der Waals surface area contributed by atoms with E-state index in [9.17, 15) is 14.2 Å². The summed E-state index contributed by atoms with van der Waals surface area (Å²) in [5.74, 6) is -2.25. The van der Waals surface area contributed by atoms with Gasteiger partial charge in [0.15, 0.2) is 0 Å². The van der Waals surface area contributed by atoms with Crippen molar-refractivity contribution < 1.29 is 33.4 Å².